The number of aromatic nitrogens is 2. The molecule has 0 unspecified atom stereocenters. The van der Waals surface area contributed by atoms with Crippen molar-refractivity contribution in [2.45, 2.75) is 31.3 Å². The molecule has 9 heteroatoms. The highest BCUT2D eigenvalue weighted by molar-refractivity contribution is 7.92. The lowest BCUT2D eigenvalue weighted by atomic mass is 10.0. The number of halogens is 1. The number of nitrogens with zero attached hydrogens (tertiary/aromatic N) is 1. The molecule has 1 aromatic heterocycles. The number of anilines is 1. The van der Waals surface area contributed by atoms with Gasteiger partial charge in [0.05, 0.1) is 11.8 Å². The number of amides is 1. The normalized spacial score (nSPS) is 11.4. The third-order valence-electron chi connectivity index (χ3n) is 4.31. The molecular weight excluding hydrogens is 395 g/mol. The Morgan fingerprint density at radius 3 is 2.38 bits per heavy atom. The van der Waals surface area contributed by atoms with Crippen molar-refractivity contribution in [2.75, 3.05) is 4.72 Å². The van der Waals surface area contributed by atoms with E-state index >= 15 is 0 Å². The minimum Gasteiger partial charge on any atom is -0.348 e. The van der Waals surface area contributed by atoms with Crippen LogP contribution in [0.4, 0.5) is 10.1 Å². The molecule has 0 saturated carbocycles. The lowest BCUT2D eigenvalue weighted by Crippen LogP contribution is -2.25. The number of benzene rings is 2. The number of carbonyl (C=O) groups is 1. The third kappa shape index (κ3) is 5.00. The van der Waals surface area contributed by atoms with Crippen LogP contribution in [0.1, 0.15) is 41.3 Å². The Kier molecular flexibility index (Phi) is 5.97. The molecule has 0 saturated heterocycles. The minimum atomic E-state index is -4.11. The van der Waals surface area contributed by atoms with Crippen LogP contribution in [0.25, 0.3) is 0 Å². The van der Waals surface area contributed by atoms with Crippen LogP contribution in [0.3, 0.4) is 0 Å². The van der Waals surface area contributed by atoms with E-state index in [2.05, 4.69) is 34.1 Å². The van der Waals surface area contributed by atoms with Crippen molar-refractivity contribution in [3.05, 3.63) is 77.2 Å². The van der Waals surface area contributed by atoms with E-state index in [-0.39, 0.29) is 22.8 Å². The van der Waals surface area contributed by atoms with Gasteiger partial charge < -0.3 is 5.32 Å². The molecule has 0 bridgehead atoms. The molecule has 0 atom stereocenters. The average Bonchev–Trinajstić information content (AvgIpc) is 3.19. The second-order valence-corrected chi connectivity index (χ2v) is 8.42. The summed E-state index contributed by atoms with van der Waals surface area (Å²) >= 11 is 0. The van der Waals surface area contributed by atoms with Gasteiger partial charge in [0.2, 0.25) is 0 Å². The van der Waals surface area contributed by atoms with E-state index < -0.39 is 21.7 Å². The first-order valence-electron chi connectivity index (χ1n) is 8.95. The molecule has 3 N–H and O–H groups in total. The van der Waals surface area contributed by atoms with Gasteiger partial charge in [0.15, 0.2) is 5.03 Å². The van der Waals surface area contributed by atoms with Crippen LogP contribution in [0.2, 0.25) is 0 Å². The van der Waals surface area contributed by atoms with Crippen molar-refractivity contribution in [3.8, 4) is 0 Å². The van der Waals surface area contributed by atoms with Gasteiger partial charge in [-0.1, -0.05) is 38.1 Å². The van der Waals surface area contributed by atoms with Crippen LogP contribution < -0.4 is 10.0 Å². The predicted molar refractivity (Wildman–Crippen MR) is 107 cm³/mol. The van der Waals surface area contributed by atoms with Gasteiger partial charge in [-0.25, -0.2) is 4.39 Å². The fourth-order valence-electron chi connectivity index (χ4n) is 2.66. The Bertz CT molecular complexity index is 1090. The zero-order valence-corrected chi connectivity index (χ0v) is 16.8. The summed E-state index contributed by atoms with van der Waals surface area (Å²) in [7, 11) is -4.11. The second-order valence-electron chi connectivity index (χ2n) is 6.80. The number of hydrogen-bond acceptors (Lipinski definition) is 4. The smallest absolute Gasteiger partial charge is 0.279 e. The summed E-state index contributed by atoms with van der Waals surface area (Å²) < 4.78 is 40.5. The monoisotopic (exact) mass is 416 g/mol. The van der Waals surface area contributed by atoms with Crippen molar-refractivity contribution >= 4 is 21.6 Å². The number of hydrogen-bond donors (Lipinski definition) is 3. The quantitative estimate of drug-likeness (QED) is 0.549. The number of rotatable bonds is 7. The lowest BCUT2D eigenvalue weighted by molar-refractivity contribution is 0.0947. The highest BCUT2D eigenvalue weighted by atomic mass is 32.2. The molecule has 0 aliphatic rings. The Labute approximate surface area is 168 Å². The largest absolute Gasteiger partial charge is 0.348 e. The molecule has 2 aromatic carbocycles. The van der Waals surface area contributed by atoms with E-state index in [0.717, 1.165) is 23.9 Å². The Morgan fingerprint density at radius 2 is 1.76 bits per heavy atom. The molecule has 0 fully saturated rings. The molecule has 1 heterocycles. The number of sulfonamides is 1. The first-order chi connectivity index (χ1) is 13.8. The van der Waals surface area contributed by atoms with Crippen LogP contribution in [0, 0.1) is 5.82 Å². The highest BCUT2D eigenvalue weighted by Crippen LogP contribution is 2.18. The average molecular weight is 416 g/mol. The van der Waals surface area contributed by atoms with E-state index in [0.29, 0.717) is 5.92 Å². The topological polar surface area (TPSA) is 104 Å². The number of H-pyrrole nitrogens is 1. The fourth-order valence-corrected chi connectivity index (χ4v) is 3.82. The first-order valence-corrected chi connectivity index (χ1v) is 10.4. The fraction of sp³-hybridized carbons (Fsp3) is 0.200. The maximum absolute atomic E-state index is 13.0. The van der Waals surface area contributed by atoms with Gasteiger partial charge in [0, 0.05) is 12.2 Å². The Balaban J connectivity index is 1.71. The van der Waals surface area contributed by atoms with Gasteiger partial charge >= 0.3 is 0 Å². The molecule has 0 aliphatic heterocycles. The van der Waals surface area contributed by atoms with E-state index in [1.165, 1.54) is 17.7 Å². The summed E-state index contributed by atoms with van der Waals surface area (Å²) in [6.45, 7) is 4.43. The summed E-state index contributed by atoms with van der Waals surface area (Å²) in [5, 5.41) is 8.35. The molecular formula is C20H21FN4O3S. The van der Waals surface area contributed by atoms with Crippen LogP contribution >= 0.6 is 0 Å². The number of carbonyl (C=O) groups excluding carboxylic acids is 1. The highest BCUT2D eigenvalue weighted by Gasteiger charge is 2.25. The molecule has 7 nitrogen and oxygen atoms in total. The van der Waals surface area contributed by atoms with Crippen molar-refractivity contribution in [1.29, 1.82) is 0 Å². The lowest BCUT2D eigenvalue weighted by Gasteiger charge is -2.10. The van der Waals surface area contributed by atoms with Gasteiger partial charge in [-0.05, 0) is 41.3 Å². The summed E-state index contributed by atoms with van der Waals surface area (Å²) in [6, 6.07) is 12.6. The van der Waals surface area contributed by atoms with Crippen LogP contribution in [0.15, 0.2) is 59.8 Å². The van der Waals surface area contributed by atoms with Crippen molar-refractivity contribution in [1.82, 2.24) is 15.5 Å². The molecule has 3 aromatic rings. The Morgan fingerprint density at radius 1 is 1.10 bits per heavy atom. The first kappa shape index (κ1) is 20.5. The summed E-state index contributed by atoms with van der Waals surface area (Å²) in [6.07, 6.45) is 1.15. The third-order valence-corrected chi connectivity index (χ3v) is 5.67. The van der Waals surface area contributed by atoms with Crippen LogP contribution in [-0.2, 0) is 16.6 Å². The van der Waals surface area contributed by atoms with E-state index in [1.807, 2.05) is 24.3 Å². The second kappa shape index (κ2) is 8.44. The minimum absolute atomic E-state index is 0.113. The SMILES string of the molecule is CC(C)c1ccc(CNC(=O)c2cn[nH]c2S(=O)(=O)Nc2ccc(F)cc2)cc1. The molecule has 0 radical (unpaired) electrons. The van der Waals surface area contributed by atoms with Gasteiger partial charge in [-0.3, -0.25) is 14.6 Å². The van der Waals surface area contributed by atoms with Crippen molar-refractivity contribution < 1.29 is 17.6 Å². The van der Waals surface area contributed by atoms with E-state index in [4.69, 9.17) is 0 Å². The maximum Gasteiger partial charge on any atom is 0.279 e. The zero-order chi connectivity index (χ0) is 21.0. The van der Waals surface area contributed by atoms with Gasteiger partial charge in [-0.15, -0.1) is 0 Å². The summed E-state index contributed by atoms with van der Waals surface area (Å²) in [4.78, 5) is 12.5. The number of nitrogens with one attached hydrogen (secondary N) is 3. The number of aromatic amines is 1. The predicted octanol–water partition coefficient (Wildman–Crippen LogP) is 3.40. The molecule has 1 amide bonds. The maximum atomic E-state index is 13.0. The van der Waals surface area contributed by atoms with Crippen LogP contribution in [-0.4, -0.2) is 24.5 Å². The van der Waals surface area contributed by atoms with Crippen molar-refractivity contribution in [3.63, 3.8) is 0 Å². The van der Waals surface area contributed by atoms with E-state index in [1.54, 1.807) is 0 Å². The van der Waals surface area contributed by atoms with Gasteiger partial charge in [0.25, 0.3) is 15.9 Å². The molecule has 0 aliphatic carbocycles. The van der Waals surface area contributed by atoms with Crippen molar-refractivity contribution in [2.24, 2.45) is 0 Å². The molecule has 152 valence electrons. The van der Waals surface area contributed by atoms with E-state index in [9.17, 15) is 17.6 Å². The molecule has 29 heavy (non-hydrogen) atoms. The summed E-state index contributed by atoms with van der Waals surface area (Å²) in [5.74, 6) is -0.659. The zero-order valence-electron chi connectivity index (χ0n) is 15.9. The van der Waals surface area contributed by atoms with Gasteiger partial charge in [-0.2, -0.15) is 13.5 Å². The van der Waals surface area contributed by atoms with Crippen LogP contribution in [0.5, 0.6) is 0 Å². The summed E-state index contributed by atoms with van der Waals surface area (Å²) in [5.41, 5.74) is 2.13. The van der Waals surface area contributed by atoms with Gasteiger partial charge in [0.1, 0.15) is 5.82 Å². The Hall–Kier alpha value is -3.20. The molecule has 3 rings (SSSR count). The molecule has 0 spiro atoms. The standard InChI is InChI=1S/C20H21FN4O3S/c1-13(2)15-5-3-14(4-6-15)11-22-19(26)18-12-23-24-20(18)29(27,28)25-17-9-7-16(21)8-10-17/h3-10,12-13,25H,11H2,1-2H3,(H,22,26)(H,23,24).